The molecule has 0 N–H and O–H groups in total. The second kappa shape index (κ2) is 8.70. The van der Waals surface area contributed by atoms with Gasteiger partial charge < -0.3 is 0 Å². The molecule has 0 aliphatic rings. The lowest BCUT2D eigenvalue weighted by atomic mass is 9.83. The van der Waals surface area contributed by atoms with Crippen LogP contribution in [0.5, 0.6) is 0 Å². The van der Waals surface area contributed by atoms with Crippen LogP contribution in [-0.4, -0.2) is 10.2 Å². The van der Waals surface area contributed by atoms with E-state index in [-0.39, 0.29) is 0 Å². The quantitative estimate of drug-likeness (QED) is 0.0922. The van der Waals surface area contributed by atoms with Crippen molar-refractivity contribution in [2.24, 2.45) is 0 Å². The zero-order valence-corrected chi connectivity index (χ0v) is 16.8. The summed E-state index contributed by atoms with van der Waals surface area (Å²) in [5.74, 6) is -29.8. The van der Waals surface area contributed by atoms with Crippen LogP contribution < -0.4 is 0 Å². The first-order valence-corrected chi connectivity index (χ1v) is 9.31. The van der Waals surface area contributed by atoms with Crippen LogP contribution >= 0.6 is 22.6 Å². The molecule has 176 valence electrons. The predicted molar refractivity (Wildman–Crippen MR) is 88.1 cm³/mol. The van der Waals surface area contributed by atoms with Crippen molar-refractivity contribution in [2.75, 3.05) is 4.43 Å². The van der Waals surface area contributed by atoms with Gasteiger partial charge in [-0.15, -0.1) is 0 Å². The van der Waals surface area contributed by atoms with E-state index in [9.17, 15) is 57.5 Å². The molecule has 1 unspecified atom stereocenters. The number of hydrogen-bond acceptors (Lipinski definition) is 1. The number of halogens is 14. The van der Waals surface area contributed by atoms with E-state index >= 15 is 4.39 Å². The number of alkyl halides is 5. The SMILES string of the molecule is O=C(c1c(F)c(F)c(F)c(C(F)(F)F)c1F)C(F)(CCI)c1c(F)c(F)c(F)c(F)c1F. The van der Waals surface area contributed by atoms with Gasteiger partial charge in [0.25, 0.3) is 0 Å². The van der Waals surface area contributed by atoms with Crippen molar-refractivity contribution in [1.82, 2.24) is 0 Å². The van der Waals surface area contributed by atoms with Crippen molar-refractivity contribution in [1.29, 1.82) is 0 Å². The molecule has 0 heterocycles. The standard InChI is InChI=1S/C17H4F13IO/c18-6-3(7(19)11(23)10(22)5(6)17(28,29)30)15(32)16(27,1-2-31)4-8(20)12(24)14(26)13(25)9(4)21/h1-2H2. The minimum atomic E-state index is -6.11. The zero-order valence-electron chi connectivity index (χ0n) is 14.6. The molecule has 0 aliphatic carbocycles. The minimum absolute atomic E-state index is 0.738. The fourth-order valence-corrected chi connectivity index (χ4v) is 3.46. The van der Waals surface area contributed by atoms with Crippen molar-refractivity contribution in [3.8, 4) is 0 Å². The molecule has 0 fully saturated rings. The highest BCUT2D eigenvalue weighted by molar-refractivity contribution is 14.1. The number of Topliss-reactive ketones (excluding diaryl/α,β-unsaturated/α-hetero) is 1. The molecule has 0 spiro atoms. The maximum atomic E-state index is 15.5. The Kier molecular flexibility index (Phi) is 7.12. The molecule has 2 rings (SSSR count). The molecule has 1 atom stereocenters. The van der Waals surface area contributed by atoms with Crippen LogP contribution in [0.1, 0.15) is 27.9 Å². The van der Waals surface area contributed by atoms with E-state index < -0.39 is 97.5 Å². The summed E-state index contributed by atoms with van der Waals surface area (Å²) in [6.07, 6.45) is -7.70. The second-order valence-electron chi connectivity index (χ2n) is 6.02. The number of hydrogen-bond donors (Lipinski definition) is 0. The van der Waals surface area contributed by atoms with Gasteiger partial charge in [0.1, 0.15) is 5.56 Å². The first-order valence-electron chi connectivity index (χ1n) is 7.78. The molecule has 0 aliphatic heterocycles. The normalized spacial score (nSPS) is 13.9. The Morgan fingerprint density at radius 1 is 0.594 bits per heavy atom. The van der Waals surface area contributed by atoms with E-state index in [1.165, 1.54) is 22.6 Å². The van der Waals surface area contributed by atoms with E-state index in [0.29, 0.717) is 0 Å². The van der Waals surface area contributed by atoms with Gasteiger partial charge in [-0.1, -0.05) is 22.6 Å². The monoisotopic (exact) mass is 598 g/mol. The van der Waals surface area contributed by atoms with E-state index in [2.05, 4.69) is 0 Å². The van der Waals surface area contributed by atoms with Gasteiger partial charge in [-0.3, -0.25) is 4.79 Å². The summed E-state index contributed by atoms with van der Waals surface area (Å²) in [7, 11) is 0. The van der Waals surface area contributed by atoms with Crippen LogP contribution in [0.2, 0.25) is 0 Å². The van der Waals surface area contributed by atoms with Gasteiger partial charge in [0.15, 0.2) is 46.5 Å². The van der Waals surface area contributed by atoms with Crippen LogP contribution in [0.4, 0.5) is 57.1 Å². The van der Waals surface area contributed by atoms with Crippen LogP contribution in [-0.2, 0) is 11.8 Å². The minimum Gasteiger partial charge on any atom is -0.290 e. The summed E-state index contributed by atoms with van der Waals surface area (Å²) in [4.78, 5) is 12.5. The Labute approximate surface area is 182 Å². The molecule has 0 saturated heterocycles. The van der Waals surface area contributed by atoms with E-state index in [1.54, 1.807) is 0 Å². The van der Waals surface area contributed by atoms with Gasteiger partial charge in [-0.05, 0) is 0 Å². The van der Waals surface area contributed by atoms with Crippen LogP contribution in [0.25, 0.3) is 0 Å². The van der Waals surface area contributed by atoms with Crippen molar-refractivity contribution in [2.45, 2.75) is 18.3 Å². The predicted octanol–water partition coefficient (Wildman–Crippen LogP) is 6.83. The molecule has 0 saturated carbocycles. The lowest BCUT2D eigenvalue weighted by Gasteiger charge is -2.26. The summed E-state index contributed by atoms with van der Waals surface area (Å²) < 4.78 is 177. The number of benzene rings is 2. The van der Waals surface area contributed by atoms with Gasteiger partial charge in [-0.2, -0.15) is 13.2 Å². The fraction of sp³-hybridized carbons (Fsp3) is 0.235. The summed E-state index contributed by atoms with van der Waals surface area (Å²) in [6.45, 7) is 0. The lowest BCUT2D eigenvalue weighted by Crippen LogP contribution is -2.37. The van der Waals surface area contributed by atoms with Crippen LogP contribution in [0.15, 0.2) is 0 Å². The van der Waals surface area contributed by atoms with Gasteiger partial charge in [-0.25, -0.2) is 43.9 Å². The first-order chi connectivity index (χ1) is 14.5. The van der Waals surface area contributed by atoms with E-state index in [1.807, 2.05) is 0 Å². The molecule has 32 heavy (non-hydrogen) atoms. The van der Waals surface area contributed by atoms with Crippen molar-refractivity contribution in [3.05, 3.63) is 69.0 Å². The van der Waals surface area contributed by atoms with Crippen LogP contribution in [0.3, 0.4) is 0 Å². The summed E-state index contributed by atoms with van der Waals surface area (Å²) in [6, 6.07) is 0. The number of carbonyl (C=O) groups is 1. The fourth-order valence-electron chi connectivity index (χ4n) is 2.71. The molecule has 0 radical (unpaired) electrons. The lowest BCUT2D eigenvalue weighted by molar-refractivity contribution is -0.143. The smallest absolute Gasteiger partial charge is 0.290 e. The summed E-state index contributed by atoms with van der Waals surface area (Å²) >= 11 is 1.19. The third-order valence-corrected chi connectivity index (χ3v) is 4.72. The Hall–Kier alpha value is -2.07. The molecular formula is C17H4F13IO. The number of ketones is 1. The molecule has 2 aromatic rings. The molecule has 2 aromatic carbocycles. The molecule has 0 aromatic heterocycles. The zero-order chi connectivity index (χ0) is 24.9. The first kappa shape index (κ1) is 26.2. The Bertz CT molecular complexity index is 1080. The van der Waals surface area contributed by atoms with E-state index in [4.69, 9.17) is 0 Å². The third-order valence-electron chi connectivity index (χ3n) is 4.18. The average Bonchev–Trinajstić information content (AvgIpc) is 2.68. The number of carbonyl (C=O) groups excluding carboxylic acids is 1. The Morgan fingerprint density at radius 2 is 0.969 bits per heavy atom. The van der Waals surface area contributed by atoms with Crippen molar-refractivity contribution >= 4 is 28.4 Å². The number of rotatable bonds is 5. The van der Waals surface area contributed by atoms with Gasteiger partial charge >= 0.3 is 6.18 Å². The second-order valence-corrected chi connectivity index (χ2v) is 7.10. The van der Waals surface area contributed by atoms with Gasteiger partial charge in [0, 0.05) is 10.8 Å². The maximum Gasteiger partial charge on any atom is 0.422 e. The Morgan fingerprint density at radius 3 is 1.38 bits per heavy atom. The molecule has 15 heteroatoms. The third kappa shape index (κ3) is 3.91. The van der Waals surface area contributed by atoms with Crippen molar-refractivity contribution < 1.29 is 61.9 Å². The highest BCUT2D eigenvalue weighted by atomic mass is 127. The molecule has 0 amide bonds. The highest BCUT2D eigenvalue weighted by Gasteiger charge is 2.52. The largest absolute Gasteiger partial charge is 0.422 e. The van der Waals surface area contributed by atoms with Crippen LogP contribution in [0, 0.1) is 52.4 Å². The molecular weight excluding hydrogens is 594 g/mol. The maximum absolute atomic E-state index is 15.5. The summed E-state index contributed by atoms with van der Waals surface area (Å²) in [5.41, 5.74) is -13.1. The summed E-state index contributed by atoms with van der Waals surface area (Å²) in [5, 5.41) is 0. The van der Waals surface area contributed by atoms with Crippen molar-refractivity contribution in [3.63, 3.8) is 0 Å². The molecule has 0 bridgehead atoms. The molecule has 1 nitrogen and oxygen atoms in total. The highest BCUT2D eigenvalue weighted by Crippen LogP contribution is 2.43. The van der Waals surface area contributed by atoms with Gasteiger partial charge in [0.2, 0.25) is 17.3 Å². The van der Waals surface area contributed by atoms with Gasteiger partial charge in [0.05, 0.1) is 11.1 Å². The average molecular weight is 598 g/mol. The Balaban J connectivity index is 2.99. The topological polar surface area (TPSA) is 17.1 Å². The van der Waals surface area contributed by atoms with E-state index in [0.717, 1.165) is 0 Å².